The Labute approximate surface area is 286 Å². The number of carbonyl (C=O) groups excluding carboxylic acids is 4. The molecule has 4 amide bonds. The van der Waals surface area contributed by atoms with Gasteiger partial charge in [-0.05, 0) is 95.4 Å². The van der Waals surface area contributed by atoms with Crippen LogP contribution >= 0.6 is 22.6 Å². The van der Waals surface area contributed by atoms with Crippen LogP contribution in [0.3, 0.4) is 0 Å². The molecular weight excluding hydrogens is 735 g/mol. The van der Waals surface area contributed by atoms with Gasteiger partial charge in [-0.15, -0.1) is 0 Å². The molecule has 3 N–H and O–H groups in total. The van der Waals surface area contributed by atoms with E-state index in [0.717, 1.165) is 9.80 Å². The lowest BCUT2D eigenvalue weighted by Gasteiger charge is -2.44. The summed E-state index contributed by atoms with van der Waals surface area (Å²) in [5, 5.41) is 29.7. The lowest BCUT2D eigenvalue weighted by Crippen LogP contribution is -2.43. The van der Waals surface area contributed by atoms with Crippen molar-refractivity contribution < 1.29 is 48.8 Å². The Morgan fingerprint density at radius 3 is 1.90 bits per heavy atom. The predicted molar refractivity (Wildman–Crippen MR) is 177 cm³/mol. The maximum absolute atomic E-state index is 14.3. The number of benzene rings is 3. The fourth-order valence-electron chi connectivity index (χ4n) is 7.96. The third-order valence-electron chi connectivity index (χ3n) is 9.98. The van der Waals surface area contributed by atoms with Crippen molar-refractivity contribution in [2.45, 2.75) is 18.8 Å². The van der Waals surface area contributed by atoms with Crippen molar-refractivity contribution in [2.24, 2.45) is 29.6 Å². The lowest BCUT2D eigenvalue weighted by atomic mass is 9.57. The monoisotopic (exact) mass is 762 g/mol. The Bertz CT molecular complexity index is 2010. The van der Waals surface area contributed by atoms with Gasteiger partial charge in [-0.1, -0.05) is 23.8 Å². The summed E-state index contributed by atoms with van der Waals surface area (Å²) >= 11 is 1.95. The molecule has 0 unspecified atom stereocenters. The van der Waals surface area contributed by atoms with Crippen molar-refractivity contribution >= 4 is 69.5 Å². The highest BCUT2D eigenvalue weighted by atomic mass is 127. The summed E-state index contributed by atoms with van der Waals surface area (Å²) in [4.78, 5) is 82.0. The Hall–Kier alpha value is -5.05. The molecule has 2 heterocycles. The van der Waals surface area contributed by atoms with Crippen LogP contribution < -0.4 is 14.5 Å². The van der Waals surface area contributed by atoms with Gasteiger partial charge in [0.05, 0.1) is 56.9 Å². The number of phenolic OH excluding ortho intramolecular Hbond substituents is 1. The standard InChI is InChI=1S/C35H27IN2O10/c1-48-25-13-17(12-24(36)29(25)39)26-20-8-9-21-27(32(42)37(30(21)40)18-6-2-4-15(10-18)34(44)45)22(20)14-23-28(26)33(43)38(31(23)41)19-7-3-5-16(11-19)35(46)47/h2-8,10-13,21-23,26-28,39H,9,14H2,1H3,(H,44,45)(H,46,47)/t21-,22+,23+,26-,27-,28+/m0/s1. The molecular formula is C35H27IN2O10. The van der Waals surface area contributed by atoms with E-state index in [4.69, 9.17) is 4.74 Å². The van der Waals surface area contributed by atoms with Gasteiger partial charge in [0, 0.05) is 5.92 Å². The van der Waals surface area contributed by atoms with Gasteiger partial charge < -0.3 is 20.1 Å². The van der Waals surface area contributed by atoms with Crippen LogP contribution in [-0.4, -0.2) is 58.0 Å². The quantitative estimate of drug-likeness (QED) is 0.185. The van der Waals surface area contributed by atoms with E-state index in [-0.39, 0.29) is 46.8 Å². The van der Waals surface area contributed by atoms with Crippen LogP contribution in [0.5, 0.6) is 11.5 Å². The third-order valence-corrected chi connectivity index (χ3v) is 10.8. The summed E-state index contributed by atoms with van der Waals surface area (Å²) in [6, 6.07) is 14.5. The lowest BCUT2D eigenvalue weighted by molar-refractivity contribution is -0.126. The van der Waals surface area contributed by atoms with Crippen molar-refractivity contribution in [3.8, 4) is 11.5 Å². The number of imide groups is 2. The summed E-state index contributed by atoms with van der Waals surface area (Å²) in [6.45, 7) is 0. The first-order chi connectivity index (χ1) is 22.9. The number of phenols is 1. The van der Waals surface area contributed by atoms with Crippen LogP contribution in [-0.2, 0) is 19.2 Å². The number of hydrogen-bond acceptors (Lipinski definition) is 8. The Kier molecular flexibility index (Phi) is 7.61. The van der Waals surface area contributed by atoms with E-state index in [1.807, 2.05) is 28.7 Å². The number of amides is 4. The van der Waals surface area contributed by atoms with E-state index in [9.17, 15) is 44.1 Å². The first kappa shape index (κ1) is 31.5. The number of carbonyl (C=O) groups is 6. The zero-order chi connectivity index (χ0) is 34.2. The second-order valence-corrected chi connectivity index (χ2v) is 13.5. The number of aromatic hydroxyl groups is 1. The average Bonchev–Trinajstić information content (AvgIpc) is 3.48. The number of aromatic carboxylic acids is 2. The van der Waals surface area contributed by atoms with Gasteiger partial charge in [-0.3, -0.25) is 29.0 Å². The number of carboxylic acid groups (broad SMARTS) is 2. The summed E-state index contributed by atoms with van der Waals surface area (Å²) in [7, 11) is 1.39. The van der Waals surface area contributed by atoms with Crippen molar-refractivity contribution in [3.05, 3.63) is 92.6 Å². The molecule has 3 aromatic carbocycles. The number of ether oxygens (including phenoxy) is 1. The van der Waals surface area contributed by atoms with Crippen molar-refractivity contribution in [1.82, 2.24) is 0 Å². The molecule has 3 fully saturated rings. The van der Waals surface area contributed by atoms with E-state index < -0.39 is 71.1 Å². The minimum absolute atomic E-state index is 0.0830. The molecule has 0 bridgehead atoms. The molecule has 48 heavy (non-hydrogen) atoms. The van der Waals surface area contributed by atoms with Gasteiger partial charge in [0.25, 0.3) is 0 Å². The Morgan fingerprint density at radius 2 is 1.33 bits per heavy atom. The van der Waals surface area contributed by atoms with Crippen molar-refractivity contribution in [3.63, 3.8) is 0 Å². The smallest absolute Gasteiger partial charge is 0.335 e. The van der Waals surface area contributed by atoms with E-state index >= 15 is 0 Å². The maximum atomic E-state index is 14.3. The Balaban J connectivity index is 1.35. The fourth-order valence-corrected chi connectivity index (χ4v) is 8.58. The minimum atomic E-state index is -1.22. The number of carboxylic acids is 2. The third kappa shape index (κ3) is 4.70. The van der Waals surface area contributed by atoms with Gasteiger partial charge in [0.1, 0.15) is 0 Å². The fraction of sp³-hybridized carbons (Fsp3) is 0.257. The van der Waals surface area contributed by atoms with Gasteiger partial charge in [0.15, 0.2) is 11.5 Å². The highest BCUT2D eigenvalue weighted by Crippen LogP contribution is 2.59. The number of hydrogen-bond donors (Lipinski definition) is 3. The van der Waals surface area contributed by atoms with E-state index in [1.165, 1.54) is 55.6 Å². The number of halogens is 1. The highest BCUT2D eigenvalue weighted by molar-refractivity contribution is 14.1. The number of allylic oxidation sites excluding steroid dienone is 2. The second kappa shape index (κ2) is 11.6. The summed E-state index contributed by atoms with van der Waals surface area (Å²) in [6.07, 6.45) is 2.14. The summed E-state index contributed by atoms with van der Waals surface area (Å²) < 4.78 is 5.87. The average molecular weight is 763 g/mol. The number of fused-ring (bicyclic) bond motifs is 4. The molecule has 2 aliphatic carbocycles. The summed E-state index contributed by atoms with van der Waals surface area (Å²) in [5.74, 6) is -9.26. The highest BCUT2D eigenvalue weighted by Gasteiger charge is 2.62. The van der Waals surface area contributed by atoms with Crippen LogP contribution in [0.2, 0.25) is 0 Å². The van der Waals surface area contributed by atoms with Crippen LogP contribution in [0.25, 0.3) is 0 Å². The molecule has 4 aliphatic rings. The van der Waals surface area contributed by atoms with Crippen LogP contribution in [0.4, 0.5) is 11.4 Å². The van der Waals surface area contributed by atoms with Crippen molar-refractivity contribution in [2.75, 3.05) is 16.9 Å². The largest absolute Gasteiger partial charge is 0.504 e. The first-order valence-electron chi connectivity index (χ1n) is 15.1. The van der Waals surface area contributed by atoms with Crippen LogP contribution in [0.1, 0.15) is 45.0 Å². The summed E-state index contributed by atoms with van der Waals surface area (Å²) in [5.41, 5.74) is 1.36. The zero-order valence-corrected chi connectivity index (χ0v) is 27.4. The molecule has 1 saturated carbocycles. The SMILES string of the molecule is COc1cc([C@H]2C3=CC[C@@H]4C(=O)N(c5cccc(C(=O)O)c5)C(=O)[C@@H]4[C@@H]3C[C@H]3C(=O)N(c4cccc(C(=O)O)c4)C(=O)[C@@H]23)cc(I)c1O. The normalized spacial score (nSPS) is 26.2. The molecule has 244 valence electrons. The molecule has 3 aromatic rings. The molecule has 0 aromatic heterocycles. The number of rotatable bonds is 6. The number of methoxy groups -OCH3 is 1. The number of nitrogens with zero attached hydrogens (tertiary/aromatic N) is 2. The molecule has 6 atom stereocenters. The molecule has 0 spiro atoms. The van der Waals surface area contributed by atoms with Gasteiger partial charge in [-0.2, -0.15) is 0 Å². The topological polar surface area (TPSA) is 179 Å². The van der Waals surface area contributed by atoms with Crippen LogP contribution in [0, 0.1) is 33.2 Å². The first-order valence-corrected chi connectivity index (χ1v) is 16.2. The predicted octanol–water partition coefficient (Wildman–Crippen LogP) is 4.45. The van der Waals surface area contributed by atoms with E-state index in [0.29, 0.717) is 14.7 Å². The van der Waals surface area contributed by atoms with Crippen LogP contribution in [0.15, 0.2) is 72.3 Å². The van der Waals surface area contributed by atoms with E-state index in [2.05, 4.69) is 0 Å². The molecule has 7 rings (SSSR count). The molecule has 13 heteroatoms. The second-order valence-electron chi connectivity index (χ2n) is 12.3. The minimum Gasteiger partial charge on any atom is -0.504 e. The molecule has 2 aliphatic heterocycles. The zero-order valence-electron chi connectivity index (χ0n) is 25.2. The van der Waals surface area contributed by atoms with Gasteiger partial charge in [0.2, 0.25) is 23.6 Å². The van der Waals surface area contributed by atoms with Crippen molar-refractivity contribution in [1.29, 1.82) is 0 Å². The molecule has 2 saturated heterocycles. The molecule has 0 radical (unpaired) electrons. The Morgan fingerprint density at radius 1 is 0.771 bits per heavy atom. The molecule has 12 nitrogen and oxygen atoms in total. The van der Waals surface area contributed by atoms with Gasteiger partial charge in [-0.25, -0.2) is 9.59 Å². The maximum Gasteiger partial charge on any atom is 0.335 e. The van der Waals surface area contributed by atoms with E-state index in [1.54, 1.807) is 12.1 Å². The number of anilines is 2. The van der Waals surface area contributed by atoms with Gasteiger partial charge >= 0.3 is 11.9 Å².